The van der Waals surface area contributed by atoms with Gasteiger partial charge in [0.25, 0.3) is 5.56 Å². The molecule has 0 aliphatic heterocycles. The molecule has 1 aromatic heterocycles. The van der Waals surface area contributed by atoms with Crippen LogP contribution in [0.1, 0.15) is 18.9 Å². The second-order valence-electron chi connectivity index (χ2n) is 4.76. The molecule has 0 aliphatic rings. The van der Waals surface area contributed by atoms with E-state index in [1.54, 1.807) is 6.92 Å². The lowest BCUT2D eigenvalue weighted by Gasteiger charge is -2.09. The van der Waals surface area contributed by atoms with Crippen molar-refractivity contribution in [3.05, 3.63) is 69.0 Å². The Morgan fingerprint density at radius 1 is 1.14 bits per heavy atom. The molecule has 0 unspecified atom stereocenters. The lowest BCUT2D eigenvalue weighted by molar-refractivity contribution is -0.143. The second kappa shape index (κ2) is 7.40. The quantitative estimate of drug-likeness (QED) is 0.747. The topological polar surface area (TPSA) is 70.3 Å². The average Bonchev–Trinajstić information content (AvgIpc) is 2.52. The van der Waals surface area contributed by atoms with E-state index in [1.807, 2.05) is 30.3 Å². The molecule has 0 radical (unpaired) electrons. The summed E-state index contributed by atoms with van der Waals surface area (Å²) in [6, 6.07) is 10.6. The Balaban J connectivity index is 2.21. The van der Waals surface area contributed by atoms with Crippen LogP contribution in [0.4, 0.5) is 0 Å². The molecule has 0 fully saturated rings. The highest BCUT2D eigenvalue weighted by molar-refractivity contribution is 5.69. The number of carbonyl (C=O) groups excluding carboxylic acids is 1. The van der Waals surface area contributed by atoms with E-state index in [1.165, 1.54) is 16.8 Å². The van der Waals surface area contributed by atoms with Gasteiger partial charge >= 0.3 is 11.7 Å². The number of hydrogen-bond acceptors (Lipinski definition) is 4. The Kier molecular flexibility index (Phi) is 5.30. The summed E-state index contributed by atoms with van der Waals surface area (Å²) < 4.78 is 7.33. The van der Waals surface area contributed by atoms with Crippen LogP contribution in [0.25, 0.3) is 0 Å². The van der Waals surface area contributed by atoms with Crippen molar-refractivity contribution in [2.75, 3.05) is 6.61 Å². The highest BCUT2D eigenvalue weighted by Gasteiger charge is 2.08. The minimum atomic E-state index is -0.430. The molecule has 2 rings (SSSR count). The number of ether oxygens (including phenoxy) is 1. The van der Waals surface area contributed by atoms with Crippen LogP contribution in [0.15, 0.2) is 52.2 Å². The van der Waals surface area contributed by atoms with Gasteiger partial charge in [-0.25, -0.2) is 4.79 Å². The first-order chi connectivity index (χ1) is 10.6. The minimum Gasteiger partial charge on any atom is -0.466 e. The second-order valence-corrected chi connectivity index (χ2v) is 4.76. The summed E-state index contributed by atoms with van der Waals surface area (Å²) in [6.45, 7) is 2.43. The Hall–Kier alpha value is -2.63. The van der Waals surface area contributed by atoms with Crippen molar-refractivity contribution in [3.8, 4) is 0 Å². The number of nitrogens with zero attached hydrogens (tertiary/aromatic N) is 2. The molecule has 0 saturated heterocycles. The summed E-state index contributed by atoms with van der Waals surface area (Å²) in [7, 11) is 0. The molecule has 116 valence electrons. The minimum absolute atomic E-state index is 0.0945. The van der Waals surface area contributed by atoms with Crippen molar-refractivity contribution < 1.29 is 9.53 Å². The number of aromatic nitrogens is 2. The fourth-order valence-electron chi connectivity index (χ4n) is 2.08. The molecule has 0 amide bonds. The van der Waals surface area contributed by atoms with E-state index in [4.69, 9.17) is 4.74 Å². The van der Waals surface area contributed by atoms with Gasteiger partial charge in [-0.3, -0.25) is 18.7 Å². The monoisotopic (exact) mass is 302 g/mol. The maximum Gasteiger partial charge on any atom is 0.331 e. The molecule has 6 nitrogen and oxygen atoms in total. The Morgan fingerprint density at radius 3 is 2.55 bits per heavy atom. The molecule has 6 heteroatoms. The van der Waals surface area contributed by atoms with Gasteiger partial charge in [-0.15, -0.1) is 0 Å². The van der Waals surface area contributed by atoms with E-state index in [2.05, 4.69) is 0 Å². The van der Waals surface area contributed by atoms with Crippen LogP contribution in [0.2, 0.25) is 0 Å². The highest BCUT2D eigenvalue weighted by Crippen LogP contribution is 1.99. The summed E-state index contributed by atoms with van der Waals surface area (Å²) in [5, 5.41) is 0. The molecule has 0 aliphatic carbocycles. The summed E-state index contributed by atoms with van der Waals surface area (Å²) in [5.41, 5.74) is 0.0757. The molecule has 1 heterocycles. The standard InChI is InChI=1S/C16H18N2O4/c1-2-22-15(20)9-11-17-10-8-14(19)18(16(17)21)12-13-6-4-3-5-7-13/h3-8,10H,2,9,11-12H2,1H3. The van der Waals surface area contributed by atoms with Crippen molar-refractivity contribution >= 4 is 5.97 Å². The van der Waals surface area contributed by atoms with E-state index in [0.717, 1.165) is 10.1 Å². The number of benzene rings is 1. The predicted octanol–water partition coefficient (Wildman–Crippen LogP) is 1.01. The van der Waals surface area contributed by atoms with Gasteiger partial charge in [0, 0.05) is 18.8 Å². The first-order valence-electron chi connectivity index (χ1n) is 7.11. The zero-order valence-corrected chi connectivity index (χ0v) is 12.4. The van der Waals surface area contributed by atoms with Crippen LogP contribution < -0.4 is 11.2 Å². The van der Waals surface area contributed by atoms with E-state index in [0.29, 0.717) is 6.61 Å². The van der Waals surface area contributed by atoms with Gasteiger partial charge in [0.05, 0.1) is 19.6 Å². The van der Waals surface area contributed by atoms with Crippen molar-refractivity contribution in [1.29, 1.82) is 0 Å². The van der Waals surface area contributed by atoms with Crippen LogP contribution in [0, 0.1) is 0 Å². The number of esters is 1. The molecule has 0 atom stereocenters. The van der Waals surface area contributed by atoms with Gasteiger partial charge in [0.1, 0.15) is 0 Å². The van der Waals surface area contributed by atoms with Gasteiger partial charge in [0.15, 0.2) is 0 Å². The molecule has 22 heavy (non-hydrogen) atoms. The molecule has 0 N–H and O–H groups in total. The maximum absolute atomic E-state index is 12.3. The third kappa shape index (κ3) is 3.94. The first-order valence-corrected chi connectivity index (χ1v) is 7.11. The predicted molar refractivity (Wildman–Crippen MR) is 81.8 cm³/mol. The molecular formula is C16H18N2O4. The van der Waals surface area contributed by atoms with Crippen LogP contribution in [0.3, 0.4) is 0 Å². The molecule has 1 aromatic carbocycles. The summed E-state index contributed by atoms with van der Waals surface area (Å²) in [5.74, 6) is -0.366. The number of hydrogen-bond donors (Lipinski definition) is 0. The molecule has 0 spiro atoms. The van der Waals surface area contributed by atoms with Crippen LogP contribution in [-0.4, -0.2) is 21.7 Å². The fraction of sp³-hybridized carbons (Fsp3) is 0.312. The van der Waals surface area contributed by atoms with Crippen LogP contribution >= 0.6 is 0 Å². The zero-order valence-electron chi connectivity index (χ0n) is 12.4. The average molecular weight is 302 g/mol. The van der Waals surface area contributed by atoms with E-state index in [-0.39, 0.29) is 31.0 Å². The highest BCUT2D eigenvalue weighted by atomic mass is 16.5. The van der Waals surface area contributed by atoms with E-state index in [9.17, 15) is 14.4 Å². The normalized spacial score (nSPS) is 10.4. The zero-order chi connectivity index (χ0) is 15.9. The van der Waals surface area contributed by atoms with Crippen LogP contribution in [0.5, 0.6) is 0 Å². The maximum atomic E-state index is 12.3. The summed E-state index contributed by atoms with van der Waals surface area (Å²) >= 11 is 0. The molecule has 2 aromatic rings. The molecule has 0 bridgehead atoms. The first kappa shape index (κ1) is 15.8. The van der Waals surface area contributed by atoms with Crippen molar-refractivity contribution in [2.24, 2.45) is 0 Å². The van der Waals surface area contributed by atoms with Gasteiger partial charge in [-0.2, -0.15) is 0 Å². The SMILES string of the molecule is CCOC(=O)CCn1ccc(=O)n(Cc2ccccc2)c1=O. The lowest BCUT2D eigenvalue weighted by atomic mass is 10.2. The van der Waals surface area contributed by atoms with Gasteiger partial charge in [0.2, 0.25) is 0 Å². The number of aryl methyl sites for hydroxylation is 1. The van der Waals surface area contributed by atoms with E-state index >= 15 is 0 Å². The Bertz CT molecular complexity index is 747. The largest absolute Gasteiger partial charge is 0.466 e. The summed E-state index contributed by atoms with van der Waals surface area (Å²) in [4.78, 5) is 35.6. The van der Waals surface area contributed by atoms with Crippen LogP contribution in [-0.2, 0) is 22.6 Å². The third-order valence-corrected chi connectivity index (χ3v) is 3.19. The lowest BCUT2D eigenvalue weighted by Crippen LogP contribution is -2.39. The van der Waals surface area contributed by atoms with Crippen molar-refractivity contribution in [3.63, 3.8) is 0 Å². The van der Waals surface area contributed by atoms with E-state index < -0.39 is 5.69 Å². The smallest absolute Gasteiger partial charge is 0.331 e. The van der Waals surface area contributed by atoms with Gasteiger partial charge < -0.3 is 4.74 Å². The number of rotatable bonds is 6. The van der Waals surface area contributed by atoms with Crippen molar-refractivity contribution in [2.45, 2.75) is 26.4 Å². The third-order valence-electron chi connectivity index (χ3n) is 3.19. The summed E-state index contributed by atoms with van der Waals surface area (Å²) in [6.07, 6.45) is 1.50. The van der Waals surface area contributed by atoms with Crippen molar-refractivity contribution in [1.82, 2.24) is 9.13 Å². The fourth-order valence-corrected chi connectivity index (χ4v) is 2.08. The number of carbonyl (C=O) groups is 1. The van der Waals surface area contributed by atoms with Gasteiger partial charge in [-0.05, 0) is 12.5 Å². The van der Waals surface area contributed by atoms with Gasteiger partial charge in [-0.1, -0.05) is 30.3 Å². The Morgan fingerprint density at radius 2 is 1.86 bits per heavy atom. The molecular weight excluding hydrogens is 284 g/mol. The Labute approximate surface area is 127 Å². The molecule has 0 saturated carbocycles.